The average Bonchev–Trinajstić information content (AvgIpc) is 3.14. The van der Waals surface area contributed by atoms with Gasteiger partial charge in [0.15, 0.2) is 11.5 Å². The Kier molecular flexibility index (Phi) is 5.71. The summed E-state index contributed by atoms with van der Waals surface area (Å²) in [4.78, 5) is 14.5. The van der Waals surface area contributed by atoms with E-state index in [0.29, 0.717) is 17.3 Å². The van der Waals surface area contributed by atoms with Crippen molar-refractivity contribution in [1.29, 1.82) is 0 Å². The largest absolute Gasteiger partial charge is 0.355 e. The number of nitrogens with one attached hydrogen (secondary N) is 1. The number of hydrogen-bond acceptors (Lipinski definition) is 4. The Bertz CT molecular complexity index is 878. The zero-order valence-corrected chi connectivity index (χ0v) is 15.4. The number of amides is 1. The fraction of sp³-hybridized carbons (Fsp3) is 0.200. The van der Waals surface area contributed by atoms with Crippen LogP contribution in [0.1, 0.15) is 22.1 Å². The maximum atomic E-state index is 12.4. The summed E-state index contributed by atoms with van der Waals surface area (Å²) in [5.74, 6) is 0.279. The van der Waals surface area contributed by atoms with Crippen LogP contribution in [0.25, 0.3) is 11.3 Å². The van der Waals surface area contributed by atoms with Gasteiger partial charge in [0.2, 0.25) is 0 Å². The molecule has 1 atom stereocenters. The van der Waals surface area contributed by atoms with Crippen molar-refractivity contribution in [2.24, 2.45) is 0 Å². The van der Waals surface area contributed by atoms with Crippen LogP contribution < -0.4 is 5.32 Å². The maximum Gasteiger partial charge on any atom is 0.273 e. The minimum atomic E-state index is -0.283. The number of carbonyl (C=O) groups excluding carboxylic acids is 1. The van der Waals surface area contributed by atoms with Gasteiger partial charge in [-0.2, -0.15) is 0 Å². The Morgan fingerprint density at radius 2 is 1.85 bits per heavy atom. The second kappa shape index (κ2) is 8.17. The van der Waals surface area contributed by atoms with Crippen molar-refractivity contribution in [3.63, 3.8) is 0 Å². The number of benzene rings is 2. The molecule has 26 heavy (non-hydrogen) atoms. The summed E-state index contributed by atoms with van der Waals surface area (Å²) in [5, 5.41) is 7.46. The second-order valence-corrected chi connectivity index (χ2v) is 6.56. The van der Waals surface area contributed by atoms with E-state index in [2.05, 4.69) is 10.5 Å². The topological polar surface area (TPSA) is 58.4 Å². The molecule has 0 radical (unpaired) electrons. The fourth-order valence-electron chi connectivity index (χ4n) is 2.72. The van der Waals surface area contributed by atoms with Crippen molar-refractivity contribution in [2.75, 3.05) is 20.6 Å². The highest BCUT2D eigenvalue weighted by Crippen LogP contribution is 2.25. The molecule has 134 valence electrons. The first-order valence-electron chi connectivity index (χ1n) is 8.27. The predicted octanol–water partition coefficient (Wildman–Crippen LogP) is 4.03. The van der Waals surface area contributed by atoms with Crippen LogP contribution in [-0.4, -0.2) is 36.6 Å². The summed E-state index contributed by atoms with van der Waals surface area (Å²) >= 11 is 6.30. The van der Waals surface area contributed by atoms with E-state index in [9.17, 15) is 4.79 Å². The molecule has 0 saturated carbocycles. The molecular weight excluding hydrogens is 350 g/mol. The molecule has 0 saturated heterocycles. The fourth-order valence-corrected chi connectivity index (χ4v) is 2.98. The lowest BCUT2D eigenvalue weighted by atomic mass is 10.1. The summed E-state index contributed by atoms with van der Waals surface area (Å²) < 4.78 is 5.29. The molecule has 0 aliphatic heterocycles. The normalized spacial score (nSPS) is 12.2. The lowest BCUT2D eigenvalue weighted by Crippen LogP contribution is -2.34. The highest BCUT2D eigenvalue weighted by molar-refractivity contribution is 6.31. The summed E-state index contributed by atoms with van der Waals surface area (Å²) in [6.45, 7) is 0.406. The van der Waals surface area contributed by atoms with Gasteiger partial charge in [-0.25, -0.2) is 0 Å². The van der Waals surface area contributed by atoms with E-state index >= 15 is 0 Å². The summed E-state index contributed by atoms with van der Waals surface area (Å²) in [6, 6.07) is 18.8. The third-order valence-corrected chi connectivity index (χ3v) is 4.49. The summed E-state index contributed by atoms with van der Waals surface area (Å²) in [6.07, 6.45) is 0. The van der Waals surface area contributed by atoms with Crippen LogP contribution in [0, 0.1) is 0 Å². The maximum absolute atomic E-state index is 12.4. The standard InChI is InChI=1S/C20H20ClN3O2/c1-24(2)18(15-10-6-7-11-16(15)21)13-22-20(25)17-12-19(26-23-17)14-8-4-3-5-9-14/h3-12,18H,13H2,1-2H3,(H,22,25). The molecule has 3 aromatic rings. The van der Waals surface area contributed by atoms with Crippen molar-refractivity contribution in [3.8, 4) is 11.3 Å². The SMILES string of the molecule is CN(C)C(CNC(=O)c1cc(-c2ccccc2)on1)c1ccccc1Cl. The highest BCUT2D eigenvalue weighted by atomic mass is 35.5. The van der Waals surface area contributed by atoms with Gasteiger partial charge in [0, 0.05) is 23.2 Å². The molecule has 0 spiro atoms. The van der Waals surface area contributed by atoms with Gasteiger partial charge in [-0.15, -0.1) is 0 Å². The van der Waals surface area contributed by atoms with Crippen LogP contribution in [0.2, 0.25) is 5.02 Å². The second-order valence-electron chi connectivity index (χ2n) is 6.15. The van der Waals surface area contributed by atoms with Gasteiger partial charge in [0.05, 0.1) is 6.04 Å². The minimum absolute atomic E-state index is 0.0480. The van der Waals surface area contributed by atoms with Crippen molar-refractivity contribution in [1.82, 2.24) is 15.4 Å². The van der Waals surface area contributed by atoms with E-state index < -0.39 is 0 Å². The molecule has 1 N–H and O–H groups in total. The molecule has 5 nitrogen and oxygen atoms in total. The molecule has 0 aliphatic rings. The Hall–Kier alpha value is -2.63. The Labute approximate surface area is 157 Å². The van der Waals surface area contributed by atoms with E-state index in [1.165, 1.54) is 0 Å². The predicted molar refractivity (Wildman–Crippen MR) is 102 cm³/mol. The number of rotatable bonds is 6. The summed E-state index contributed by atoms with van der Waals surface area (Å²) in [5.41, 5.74) is 2.09. The van der Waals surface area contributed by atoms with E-state index in [1.807, 2.05) is 73.6 Å². The molecule has 3 rings (SSSR count). The number of likely N-dealkylation sites (N-methyl/N-ethyl adjacent to an activating group) is 1. The molecule has 1 heterocycles. The third kappa shape index (κ3) is 4.12. The van der Waals surface area contributed by atoms with Crippen molar-refractivity contribution < 1.29 is 9.32 Å². The Morgan fingerprint density at radius 3 is 2.54 bits per heavy atom. The van der Waals surface area contributed by atoms with Crippen LogP contribution in [-0.2, 0) is 0 Å². The van der Waals surface area contributed by atoms with Crippen LogP contribution in [0.3, 0.4) is 0 Å². The van der Waals surface area contributed by atoms with E-state index in [4.69, 9.17) is 16.1 Å². The Balaban J connectivity index is 1.70. The number of aromatic nitrogens is 1. The number of nitrogens with zero attached hydrogens (tertiary/aromatic N) is 2. The first-order chi connectivity index (χ1) is 12.6. The average molecular weight is 370 g/mol. The van der Waals surface area contributed by atoms with Gasteiger partial charge in [0.25, 0.3) is 5.91 Å². The minimum Gasteiger partial charge on any atom is -0.355 e. The molecule has 6 heteroatoms. The van der Waals surface area contributed by atoms with Crippen molar-refractivity contribution >= 4 is 17.5 Å². The smallest absolute Gasteiger partial charge is 0.273 e. The molecule has 0 aliphatic carbocycles. The Morgan fingerprint density at radius 1 is 1.15 bits per heavy atom. The quantitative estimate of drug-likeness (QED) is 0.712. The molecule has 2 aromatic carbocycles. The van der Waals surface area contributed by atoms with Gasteiger partial charge < -0.3 is 14.7 Å². The molecular formula is C20H20ClN3O2. The monoisotopic (exact) mass is 369 g/mol. The third-order valence-electron chi connectivity index (χ3n) is 4.14. The molecule has 1 aromatic heterocycles. The van der Waals surface area contributed by atoms with Gasteiger partial charge in [-0.3, -0.25) is 4.79 Å². The van der Waals surface area contributed by atoms with Crippen LogP contribution >= 0.6 is 11.6 Å². The lowest BCUT2D eigenvalue weighted by molar-refractivity contribution is 0.0933. The van der Waals surface area contributed by atoms with Crippen LogP contribution in [0.4, 0.5) is 0 Å². The van der Waals surface area contributed by atoms with Crippen molar-refractivity contribution in [2.45, 2.75) is 6.04 Å². The zero-order valence-electron chi connectivity index (χ0n) is 14.6. The summed E-state index contributed by atoms with van der Waals surface area (Å²) in [7, 11) is 3.90. The van der Waals surface area contributed by atoms with E-state index in [-0.39, 0.29) is 17.6 Å². The molecule has 1 unspecified atom stereocenters. The van der Waals surface area contributed by atoms with E-state index in [1.54, 1.807) is 6.07 Å². The number of carbonyl (C=O) groups is 1. The zero-order chi connectivity index (χ0) is 18.5. The van der Waals surface area contributed by atoms with Gasteiger partial charge in [-0.05, 0) is 25.7 Å². The van der Waals surface area contributed by atoms with Crippen LogP contribution in [0.15, 0.2) is 65.2 Å². The highest BCUT2D eigenvalue weighted by Gasteiger charge is 2.20. The van der Waals surface area contributed by atoms with Crippen molar-refractivity contribution in [3.05, 3.63) is 76.9 Å². The first kappa shape index (κ1) is 18.2. The van der Waals surface area contributed by atoms with Crippen LogP contribution in [0.5, 0.6) is 0 Å². The number of hydrogen-bond donors (Lipinski definition) is 1. The number of halogens is 1. The van der Waals surface area contributed by atoms with Gasteiger partial charge >= 0.3 is 0 Å². The van der Waals surface area contributed by atoms with Gasteiger partial charge in [-0.1, -0.05) is 65.3 Å². The lowest BCUT2D eigenvalue weighted by Gasteiger charge is -2.25. The van der Waals surface area contributed by atoms with E-state index in [0.717, 1.165) is 11.1 Å². The molecule has 0 fully saturated rings. The van der Waals surface area contributed by atoms with Gasteiger partial charge in [0.1, 0.15) is 0 Å². The first-order valence-corrected chi connectivity index (χ1v) is 8.65. The molecule has 1 amide bonds. The molecule has 0 bridgehead atoms.